The van der Waals surface area contributed by atoms with Crippen LogP contribution in [0.25, 0.3) is 11.1 Å². The maximum absolute atomic E-state index is 12.6. The second kappa shape index (κ2) is 9.42. The number of rotatable bonds is 7. The third-order valence-corrected chi connectivity index (χ3v) is 6.49. The van der Waals surface area contributed by atoms with Crippen molar-refractivity contribution >= 4 is 18.0 Å². The number of amides is 2. The standard InChI is InChI=1S/C25H28N2O5/c1-2-22(23(28)26-16-12-11-15(13-16)24(29)30)27-25(31)32-14-21-19-9-5-3-7-17(19)18-8-4-6-10-20(18)21/h3-10,15-16,21-22H,2,11-14H2,1H3,(H,26,28)(H,27,31)(H,29,30)/t15-,16+,22?/m1/s1. The third kappa shape index (κ3) is 4.47. The fraction of sp³-hybridized carbons (Fsp3) is 0.400. The Morgan fingerprint density at radius 1 is 1.03 bits per heavy atom. The molecule has 2 aliphatic rings. The average molecular weight is 437 g/mol. The first-order chi connectivity index (χ1) is 15.5. The van der Waals surface area contributed by atoms with Gasteiger partial charge < -0.3 is 20.5 Å². The van der Waals surface area contributed by atoms with Crippen LogP contribution in [-0.4, -0.2) is 41.8 Å². The Balaban J connectivity index is 1.33. The summed E-state index contributed by atoms with van der Waals surface area (Å²) in [5, 5.41) is 14.7. The van der Waals surface area contributed by atoms with Crippen molar-refractivity contribution in [3.8, 4) is 11.1 Å². The highest BCUT2D eigenvalue weighted by Gasteiger charge is 2.33. The number of fused-ring (bicyclic) bond motifs is 3. The first-order valence-corrected chi connectivity index (χ1v) is 11.1. The molecule has 168 valence electrons. The van der Waals surface area contributed by atoms with E-state index in [2.05, 4.69) is 34.9 Å². The molecule has 7 nitrogen and oxygen atoms in total. The molecule has 1 fully saturated rings. The van der Waals surface area contributed by atoms with Crippen LogP contribution in [-0.2, 0) is 14.3 Å². The van der Waals surface area contributed by atoms with Crippen molar-refractivity contribution in [3.05, 3.63) is 59.7 Å². The number of benzene rings is 2. The van der Waals surface area contributed by atoms with Gasteiger partial charge in [-0.25, -0.2) is 4.79 Å². The third-order valence-electron chi connectivity index (χ3n) is 6.49. The molecule has 3 atom stereocenters. The Labute approximate surface area is 187 Å². The van der Waals surface area contributed by atoms with E-state index in [1.807, 2.05) is 31.2 Å². The Bertz CT molecular complexity index is 975. The van der Waals surface area contributed by atoms with Crippen molar-refractivity contribution in [1.82, 2.24) is 10.6 Å². The van der Waals surface area contributed by atoms with Crippen molar-refractivity contribution in [2.45, 2.75) is 50.6 Å². The minimum atomic E-state index is -0.828. The number of alkyl carbamates (subject to hydrolysis) is 1. The monoisotopic (exact) mass is 436 g/mol. The first-order valence-electron chi connectivity index (χ1n) is 11.1. The molecular formula is C25H28N2O5. The summed E-state index contributed by atoms with van der Waals surface area (Å²) in [5.41, 5.74) is 4.55. The summed E-state index contributed by atoms with van der Waals surface area (Å²) in [6, 6.07) is 15.3. The van der Waals surface area contributed by atoms with Crippen LogP contribution < -0.4 is 10.6 Å². The maximum Gasteiger partial charge on any atom is 0.407 e. The molecule has 32 heavy (non-hydrogen) atoms. The van der Waals surface area contributed by atoms with Crippen LogP contribution in [0.3, 0.4) is 0 Å². The molecule has 2 aromatic carbocycles. The van der Waals surface area contributed by atoms with Crippen molar-refractivity contribution in [3.63, 3.8) is 0 Å². The number of carboxylic acids is 1. The minimum absolute atomic E-state index is 0.0477. The first kappa shape index (κ1) is 21.9. The zero-order valence-corrected chi connectivity index (χ0v) is 18.0. The topological polar surface area (TPSA) is 105 Å². The highest BCUT2D eigenvalue weighted by molar-refractivity contribution is 5.86. The van der Waals surface area contributed by atoms with Gasteiger partial charge in [-0.3, -0.25) is 9.59 Å². The van der Waals surface area contributed by atoms with Gasteiger partial charge in [-0.1, -0.05) is 55.5 Å². The van der Waals surface area contributed by atoms with Gasteiger partial charge in [-0.15, -0.1) is 0 Å². The van der Waals surface area contributed by atoms with E-state index < -0.39 is 24.0 Å². The van der Waals surface area contributed by atoms with E-state index in [1.165, 1.54) is 0 Å². The molecule has 2 aromatic rings. The zero-order chi connectivity index (χ0) is 22.7. The van der Waals surface area contributed by atoms with Crippen molar-refractivity contribution in [1.29, 1.82) is 0 Å². The van der Waals surface area contributed by atoms with Gasteiger partial charge in [0.1, 0.15) is 12.6 Å². The molecule has 0 heterocycles. The van der Waals surface area contributed by atoms with Crippen molar-refractivity contribution in [2.75, 3.05) is 6.61 Å². The van der Waals surface area contributed by atoms with Gasteiger partial charge >= 0.3 is 12.1 Å². The summed E-state index contributed by atoms with van der Waals surface area (Å²) in [4.78, 5) is 36.2. The Morgan fingerprint density at radius 2 is 1.66 bits per heavy atom. The predicted octanol–water partition coefficient (Wildman–Crippen LogP) is 3.67. The molecule has 1 unspecified atom stereocenters. The van der Waals surface area contributed by atoms with Gasteiger partial charge in [0.2, 0.25) is 5.91 Å². The molecule has 3 N–H and O–H groups in total. The summed E-state index contributed by atoms with van der Waals surface area (Å²) in [6.07, 6.45) is 1.37. The number of carbonyl (C=O) groups is 3. The second-order valence-corrected chi connectivity index (χ2v) is 8.48. The Morgan fingerprint density at radius 3 is 2.22 bits per heavy atom. The predicted molar refractivity (Wildman–Crippen MR) is 119 cm³/mol. The molecule has 0 saturated heterocycles. The molecule has 2 amide bonds. The van der Waals surface area contributed by atoms with Crippen molar-refractivity contribution < 1.29 is 24.2 Å². The van der Waals surface area contributed by atoms with Crippen LogP contribution in [0.5, 0.6) is 0 Å². The average Bonchev–Trinajstić information content (AvgIpc) is 3.39. The van der Waals surface area contributed by atoms with Crippen LogP contribution in [0.15, 0.2) is 48.5 Å². The van der Waals surface area contributed by atoms with E-state index >= 15 is 0 Å². The van der Waals surface area contributed by atoms with Crippen molar-refractivity contribution in [2.24, 2.45) is 5.92 Å². The quantitative estimate of drug-likeness (QED) is 0.614. The lowest BCUT2D eigenvalue weighted by atomic mass is 9.98. The molecule has 2 aliphatic carbocycles. The molecule has 0 bridgehead atoms. The van der Waals surface area contributed by atoms with Crippen LogP contribution >= 0.6 is 0 Å². The second-order valence-electron chi connectivity index (χ2n) is 8.48. The SMILES string of the molecule is CCC(NC(=O)OCC1c2ccccc2-c2ccccc21)C(=O)N[C@H]1CC[C@@H](C(=O)O)C1. The lowest BCUT2D eigenvalue weighted by Crippen LogP contribution is -2.49. The molecule has 0 spiro atoms. The molecule has 1 saturated carbocycles. The van der Waals surface area contributed by atoms with Gasteiger partial charge in [0.15, 0.2) is 0 Å². The highest BCUT2D eigenvalue weighted by atomic mass is 16.5. The van der Waals surface area contributed by atoms with Crippen LogP contribution in [0.2, 0.25) is 0 Å². The van der Waals surface area contributed by atoms with E-state index in [-0.39, 0.29) is 24.5 Å². The van der Waals surface area contributed by atoms with Crippen LogP contribution in [0.1, 0.15) is 49.7 Å². The lowest BCUT2D eigenvalue weighted by Gasteiger charge is -2.20. The van der Waals surface area contributed by atoms with Crippen LogP contribution in [0.4, 0.5) is 4.79 Å². The number of ether oxygens (including phenoxy) is 1. The smallest absolute Gasteiger partial charge is 0.407 e. The fourth-order valence-electron chi connectivity index (χ4n) is 4.77. The molecule has 4 rings (SSSR count). The zero-order valence-electron chi connectivity index (χ0n) is 18.0. The van der Waals surface area contributed by atoms with Gasteiger partial charge in [-0.2, -0.15) is 0 Å². The van der Waals surface area contributed by atoms with E-state index in [9.17, 15) is 14.4 Å². The van der Waals surface area contributed by atoms with Gasteiger partial charge in [-0.05, 0) is 47.9 Å². The largest absolute Gasteiger partial charge is 0.481 e. The number of carboxylic acid groups (broad SMARTS) is 1. The number of hydrogen-bond acceptors (Lipinski definition) is 4. The molecule has 0 aliphatic heterocycles. The minimum Gasteiger partial charge on any atom is -0.481 e. The van der Waals surface area contributed by atoms with E-state index in [1.54, 1.807) is 0 Å². The maximum atomic E-state index is 12.6. The summed E-state index contributed by atoms with van der Waals surface area (Å²) in [6.45, 7) is 1.99. The van der Waals surface area contributed by atoms with E-state index in [0.717, 1.165) is 22.3 Å². The van der Waals surface area contributed by atoms with Crippen LogP contribution in [0, 0.1) is 5.92 Å². The summed E-state index contributed by atoms with van der Waals surface area (Å²) >= 11 is 0. The molecule has 0 radical (unpaired) electrons. The van der Waals surface area contributed by atoms with Gasteiger partial charge in [0.25, 0.3) is 0 Å². The van der Waals surface area contributed by atoms with Gasteiger partial charge in [0, 0.05) is 12.0 Å². The number of hydrogen-bond donors (Lipinski definition) is 3. The fourth-order valence-corrected chi connectivity index (χ4v) is 4.77. The summed E-state index contributed by atoms with van der Waals surface area (Å²) in [7, 11) is 0. The molecule has 7 heteroatoms. The summed E-state index contributed by atoms with van der Waals surface area (Å²) in [5.74, 6) is -1.61. The number of carbonyl (C=O) groups excluding carboxylic acids is 2. The van der Waals surface area contributed by atoms with Gasteiger partial charge in [0.05, 0.1) is 5.92 Å². The highest BCUT2D eigenvalue weighted by Crippen LogP contribution is 2.44. The normalized spacial score (nSPS) is 20.2. The lowest BCUT2D eigenvalue weighted by molar-refractivity contribution is -0.141. The number of nitrogens with one attached hydrogen (secondary N) is 2. The summed E-state index contributed by atoms with van der Waals surface area (Å²) < 4.78 is 5.53. The van der Waals surface area contributed by atoms with E-state index in [4.69, 9.17) is 9.84 Å². The molecular weight excluding hydrogens is 408 g/mol. The Kier molecular flexibility index (Phi) is 6.44. The number of aliphatic carboxylic acids is 1. The van der Waals surface area contributed by atoms with E-state index in [0.29, 0.717) is 25.7 Å². The Hall–Kier alpha value is -3.35. The molecule has 0 aromatic heterocycles.